The molecule has 28 heavy (non-hydrogen) atoms. The summed E-state index contributed by atoms with van der Waals surface area (Å²) in [6, 6.07) is 6.55. The van der Waals surface area contributed by atoms with Crippen molar-refractivity contribution in [2.24, 2.45) is 0 Å². The SMILES string of the molecule is CC(C)Sc1nnc(NC(=O)c2ccc(CS(=O)(=O)N3CCOCC3)cc2)s1. The summed E-state index contributed by atoms with van der Waals surface area (Å²) in [6.45, 7) is 5.71. The van der Waals surface area contributed by atoms with Gasteiger partial charge in [0, 0.05) is 23.9 Å². The summed E-state index contributed by atoms with van der Waals surface area (Å²) in [4.78, 5) is 12.4. The molecule has 1 saturated heterocycles. The van der Waals surface area contributed by atoms with Crippen molar-refractivity contribution in [1.29, 1.82) is 0 Å². The van der Waals surface area contributed by atoms with Crippen molar-refractivity contribution in [1.82, 2.24) is 14.5 Å². The van der Waals surface area contributed by atoms with Gasteiger partial charge in [-0.15, -0.1) is 10.2 Å². The molecule has 152 valence electrons. The van der Waals surface area contributed by atoms with E-state index in [9.17, 15) is 13.2 Å². The molecule has 0 spiro atoms. The Kier molecular flexibility index (Phi) is 7.05. The molecule has 1 fully saturated rings. The number of amides is 1. The molecule has 8 nitrogen and oxygen atoms in total. The molecule has 11 heteroatoms. The van der Waals surface area contributed by atoms with E-state index in [2.05, 4.69) is 29.4 Å². The van der Waals surface area contributed by atoms with E-state index in [1.807, 2.05) is 0 Å². The van der Waals surface area contributed by atoms with Crippen molar-refractivity contribution in [3.63, 3.8) is 0 Å². The van der Waals surface area contributed by atoms with E-state index in [1.54, 1.807) is 36.0 Å². The molecule has 2 heterocycles. The van der Waals surface area contributed by atoms with E-state index in [4.69, 9.17) is 4.74 Å². The summed E-state index contributed by atoms with van der Waals surface area (Å²) in [5, 5.41) is 11.6. The average molecular weight is 443 g/mol. The Morgan fingerprint density at radius 1 is 1.25 bits per heavy atom. The Labute approximate surface area is 172 Å². The molecule has 0 unspecified atom stereocenters. The standard InChI is InChI=1S/C17H22N4O4S3/c1-12(2)26-17-20-19-16(27-17)18-15(22)14-5-3-13(4-6-14)11-28(23,24)21-7-9-25-10-8-21/h3-6,12H,7-11H2,1-2H3,(H,18,19,22). The van der Waals surface area contributed by atoms with Gasteiger partial charge in [-0.3, -0.25) is 10.1 Å². The number of ether oxygens (including phenoxy) is 1. The van der Waals surface area contributed by atoms with Crippen LogP contribution in [0.5, 0.6) is 0 Å². The molecule has 1 aromatic carbocycles. The fourth-order valence-electron chi connectivity index (χ4n) is 2.56. The number of nitrogens with zero attached hydrogens (tertiary/aromatic N) is 3. The van der Waals surface area contributed by atoms with E-state index in [-0.39, 0.29) is 11.7 Å². The number of benzene rings is 1. The Bertz CT molecular complexity index is 907. The van der Waals surface area contributed by atoms with Gasteiger partial charge in [0.2, 0.25) is 15.2 Å². The molecule has 0 saturated carbocycles. The van der Waals surface area contributed by atoms with E-state index < -0.39 is 10.0 Å². The van der Waals surface area contributed by atoms with Gasteiger partial charge in [0.05, 0.1) is 19.0 Å². The molecular weight excluding hydrogens is 420 g/mol. The maximum Gasteiger partial charge on any atom is 0.257 e. The molecular formula is C17H22N4O4S3. The van der Waals surface area contributed by atoms with Gasteiger partial charge in [-0.2, -0.15) is 4.31 Å². The van der Waals surface area contributed by atoms with Crippen LogP contribution in [0.4, 0.5) is 5.13 Å². The third-order valence-electron chi connectivity index (χ3n) is 3.89. The van der Waals surface area contributed by atoms with Crippen LogP contribution in [-0.4, -0.2) is 60.4 Å². The van der Waals surface area contributed by atoms with Crippen LogP contribution in [0.15, 0.2) is 28.6 Å². The highest BCUT2D eigenvalue weighted by Crippen LogP contribution is 2.28. The number of anilines is 1. The number of morpholine rings is 1. The highest BCUT2D eigenvalue weighted by Gasteiger charge is 2.24. The largest absolute Gasteiger partial charge is 0.379 e. The van der Waals surface area contributed by atoms with Crippen molar-refractivity contribution in [3.05, 3.63) is 35.4 Å². The summed E-state index contributed by atoms with van der Waals surface area (Å²) < 4.78 is 32.4. The molecule has 1 aliphatic rings. The quantitative estimate of drug-likeness (QED) is 0.519. The highest BCUT2D eigenvalue weighted by molar-refractivity contribution is 8.01. The minimum atomic E-state index is -3.39. The number of thioether (sulfide) groups is 1. The minimum absolute atomic E-state index is 0.0961. The molecule has 0 bridgehead atoms. The lowest BCUT2D eigenvalue weighted by atomic mass is 10.1. The van der Waals surface area contributed by atoms with Crippen molar-refractivity contribution < 1.29 is 17.9 Å². The third-order valence-corrected chi connectivity index (χ3v) is 7.67. The summed E-state index contributed by atoms with van der Waals surface area (Å²) in [7, 11) is -3.39. The van der Waals surface area contributed by atoms with Gasteiger partial charge in [-0.25, -0.2) is 8.42 Å². The van der Waals surface area contributed by atoms with Gasteiger partial charge in [0.1, 0.15) is 0 Å². The number of rotatable bonds is 7. The fourth-order valence-corrected chi connectivity index (χ4v) is 6.03. The van der Waals surface area contributed by atoms with Crippen LogP contribution in [0.25, 0.3) is 0 Å². The lowest BCUT2D eigenvalue weighted by Gasteiger charge is -2.26. The van der Waals surface area contributed by atoms with Crippen LogP contribution in [-0.2, 0) is 20.5 Å². The Morgan fingerprint density at radius 3 is 2.57 bits per heavy atom. The van der Waals surface area contributed by atoms with Crippen LogP contribution in [0.3, 0.4) is 0 Å². The minimum Gasteiger partial charge on any atom is -0.379 e. The second kappa shape index (κ2) is 9.31. The van der Waals surface area contributed by atoms with Crippen LogP contribution >= 0.6 is 23.1 Å². The lowest BCUT2D eigenvalue weighted by molar-refractivity contribution is 0.0729. The summed E-state index contributed by atoms with van der Waals surface area (Å²) >= 11 is 2.91. The highest BCUT2D eigenvalue weighted by atomic mass is 32.2. The molecule has 1 aromatic heterocycles. The Hall–Kier alpha value is -1.53. The number of sulfonamides is 1. The number of hydrogen-bond acceptors (Lipinski definition) is 8. The third kappa shape index (κ3) is 5.74. The molecule has 1 N–H and O–H groups in total. The maximum atomic E-state index is 12.5. The molecule has 1 amide bonds. The van der Waals surface area contributed by atoms with E-state index in [1.165, 1.54) is 15.6 Å². The lowest BCUT2D eigenvalue weighted by Crippen LogP contribution is -2.41. The second-order valence-corrected chi connectivity index (χ2v) is 11.2. The molecule has 0 atom stereocenters. The summed E-state index contributed by atoms with van der Waals surface area (Å²) in [6.07, 6.45) is 0. The summed E-state index contributed by atoms with van der Waals surface area (Å²) in [5.41, 5.74) is 1.07. The first kappa shape index (κ1) is 21.2. The zero-order chi connectivity index (χ0) is 20.1. The normalized spacial score (nSPS) is 15.7. The van der Waals surface area contributed by atoms with Crippen molar-refractivity contribution >= 4 is 44.2 Å². The first-order valence-corrected chi connectivity index (χ1v) is 12.1. The van der Waals surface area contributed by atoms with Crippen molar-refractivity contribution in [2.45, 2.75) is 29.2 Å². The number of hydrogen-bond donors (Lipinski definition) is 1. The monoisotopic (exact) mass is 442 g/mol. The zero-order valence-corrected chi connectivity index (χ0v) is 18.1. The van der Waals surface area contributed by atoms with Gasteiger partial charge in [0.25, 0.3) is 5.91 Å². The van der Waals surface area contributed by atoms with E-state index in [0.29, 0.717) is 47.8 Å². The van der Waals surface area contributed by atoms with Gasteiger partial charge >= 0.3 is 0 Å². The summed E-state index contributed by atoms with van der Waals surface area (Å²) in [5.74, 6) is -0.402. The van der Waals surface area contributed by atoms with Crippen LogP contribution in [0, 0.1) is 0 Å². The fraction of sp³-hybridized carbons (Fsp3) is 0.471. The average Bonchev–Trinajstić information content (AvgIpc) is 3.08. The van der Waals surface area contributed by atoms with Crippen molar-refractivity contribution in [2.75, 3.05) is 31.6 Å². The molecule has 0 aliphatic carbocycles. The topological polar surface area (TPSA) is 101 Å². The van der Waals surface area contributed by atoms with Gasteiger partial charge in [0.15, 0.2) is 4.34 Å². The molecule has 1 aliphatic heterocycles. The van der Waals surface area contributed by atoms with Gasteiger partial charge in [-0.1, -0.05) is 49.1 Å². The predicted octanol–water partition coefficient (Wildman–Crippen LogP) is 2.45. The molecule has 2 aromatic rings. The number of nitrogens with one attached hydrogen (secondary N) is 1. The Morgan fingerprint density at radius 2 is 1.93 bits per heavy atom. The number of carbonyl (C=O) groups is 1. The van der Waals surface area contributed by atoms with Crippen LogP contribution in [0.1, 0.15) is 29.8 Å². The smallest absolute Gasteiger partial charge is 0.257 e. The number of carbonyl (C=O) groups excluding carboxylic acids is 1. The van der Waals surface area contributed by atoms with Crippen LogP contribution in [0.2, 0.25) is 0 Å². The van der Waals surface area contributed by atoms with E-state index in [0.717, 1.165) is 4.34 Å². The molecule has 3 rings (SSSR count). The Balaban J connectivity index is 1.60. The maximum absolute atomic E-state index is 12.5. The second-order valence-electron chi connectivity index (χ2n) is 6.46. The van der Waals surface area contributed by atoms with Gasteiger partial charge < -0.3 is 4.74 Å². The van der Waals surface area contributed by atoms with Gasteiger partial charge in [-0.05, 0) is 17.7 Å². The molecule has 0 radical (unpaired) electrons. The zero-order valence-electron chi connectivity index (χ0n) is 15.6. The first-order valence-electron chi connectivity index (χ1n) is 8.79. The van der Waals surface area contributed by atoms with Crippen molar-refractivity contribution in [3.8, 4) is 0 Å². The predicted molar refractivity (Wildman–Crippen MR) is 110 cm³/mol. The first-order chi connectivity index (χ1) is 13.3. The van der Waals surface area contributed by atoms with E-state index >= 15 is 0 Å². The number of aromatic nitrogens is 2. The van der Waals surface area contributed by atoms with Crippen LogP contribution < -0.4 is 5.32 Å².